The molecule has 0 atom stereocenters. The molecule has 4 nitrogen and oxygen atoms in total. The van der Waals surface area contributed by atoms with E-state index in [1.165, 1.54) is 11.3 Å². The topological polar surface area (TPSA) is 47.1 Å². The zero-order valence-electron chi connectivity index (χ0n) is 10.3. The molecule has 0 unspecified atom stereocenters. The van der Waals surface area contributed by atoms with Gasteiger partial charge in [0.25, 0.3) is 0 Å². The second-order valence-corrected chi connectivity index (χ2v) is 4.29. The molecule has 0 aliphatic heterocycles. The first kappa shape index (κ1) is 11.5. The Bertz CT molecular complexity index is 472. The Morgan fingerprint density at radius 3 is 2.59 bits per heavy atom. The Morgan fingerprint density at radius 2 is 2.00 bits per heavy atom. The minimum Gasteiger partial charge on any atom is -0.396 e. The summed E-state index contributed by atoms with van der Waals surface area (Å²) in [5.74, 6) is 0. The van der Waals surface area contributed by atoms with E-state index >= 15 is 0 Å². The third kappa shape index (κ3) is 3.00. The monoisotopic (exact) mass is 230 g/mol. The number of hydrogen-bond acceptors (Lipinski definition) is 3. The van der Waals surface area contributed by atoms with Gasteiger partial charge in [0, 0.05) is 25.5 Å². The Morgan fingerprint density at radius 1 is 1.29 bits per heavy atom. The zero-order chi connectivity index (χ0) is 12.3. The van der Waals surface area contributed by atoms with Crippen molar-refractivity contribution >= 4 is 11.4 Å². The largest absolute Gasteiger partial charge is 0.396 e. The highest BCUT2D eigenvalue weighted by molar-refractivity contribution is 5.46. The molecule has 0 amide bonds. The lowest BCUT2D eigenvalue weighted by Crippen LogP contribution is -2.22. The van der Waals surface area contributed by atoms with Gasteiger partial charge in [-0.05, 0) is 19.1 Å². The summed E-state index contributed by atoms with van der Waals surface area (Å²) < 4.78 is 1.86. The molecule has 0 saturated carbocycles. The quantitative estimate of drug-likeness (QED) is 0.872. The summed E-state index contributed by atoms with van der Waals surface area (Å²) in [6.07, 6.45) is 3.52. The third-order valence-corrected chi connectivity index (χ3v) is 2.79. The maximum absolute atomic E-state index is 5.62. The number of rotatable bonds is 4. The molecule has 0 aliphatic rings. The number of aromatic nitrogens is 2. The normalized spacial score (nSPS) is 10.5. The van der Waals surface area contributed by atoms with Crippen LogP contribution in [-0.4, -0.2) is 23.4 Å². The predicted molar refractivity (Wildman–Crippen MR) is 71.1 cm³/mol. The van der Waals surface area contributed by atoms with Crippen molar-refractivity contribution in [1.29, 1.82) is 0 Å². The molecular weight excluding hydrogens is 212 g/mol. The van der Waals surface area contributed by atoms with E-state index < -0.39 is 0 Å². The van der Waals surface area contributed by atoms with Crippen molar-refractivity contribution in [2.75, 3.05) is 24.2 Å². The van der Waals surface area contributed by atoms with Crippen LogP contribution in [0.3, 0.4) is 0 Å². The molecule has 0 bridgehead atoms. The van der Waals surface area contributed by atoms with Gasteiger partial charge in [-0.15, -0.1) is 0 Å². The molecule has 4 heteroatoms. The molecule has 2 rings (SSSR count). The fourth-order valence-corrected chi connectivity index (χ4v) is 1.68. The van der Waals surface area contributed by atoms with Crippen molar-refractivity contribution in [3.8, 4) is 0 Å². The van der Waals surface area contributed by atoms with Gasteiger partial charge in [-0.1, -0.05) is 17.7 Å². The van der Waals surface area contributed by atoms with Crippen LogP contribution in [0.25, 0.3) is 0 Å². The lowest BCUT2D eigenvalue weighted by molar-refractivity contribution is 0.612. The van der Waals surface area contributed by atoms with Gasteiger partial charge in [0.2, 0.25) is 0 Å². The second-order valence-electron chi connectivity index (χ2n) is 4.29. The van der Waals surface area contributed by atoms with Crippen molar-refractivity contribution < 1.29 is 0 Å². The smallest absolute Gasteiger partial charge is 0.0719 e. The number of nitrogens with two attached hydrogens (primary N) is 1. The highest BCUT2D eigenvalue weighted by atomic mass is 15.3. The predicted octanol–water partition coefficient (Wildman–Crippen LogP) is 1.91. The Kier molecular flexibility index (Phi) is 3.32. The van der Waals surface area contributed by atoms with E-state index in [4.69, 9.17) is 5.73 Å². The number of benzene rings is 1. The van der Waals surface area contributed by atoms with Gasteiger partial charge < -0.3 is 10.6 Å². The molecule has 2 aromatic rings. The van der Waals surface area contributed by atoms with Gasteiger partial charge in [-0.2, -0.15) is 5.10 Å². The third-order valence-electron chi connectivity index (χ3n) is 2.79. The van der Waals surface area contributed by atoms with Crippen LogP contribution < -0.4 is 10.6 Å². The van der Waals surface area contributed by atoms with E-state index in [1.54, 1.807) is 6.20 Å². The summed E-state index contributed by atoms with van der Waals surface area (Å²) in [5.41, 5.74) is 8.82. The average Bonchev–Trinajstić information content (AvgIpc) is 2.73. The van der Waals surface area contributed by atoms with Gasteiger partial charge in [-0.3, -0.25) is 4.68 Å². The summed E-state index contributed by atoms with van der Waals surface area (Å²) in [6, 6.07) is 8.51. The standard InChI is InChI=1S/C13H18N4/c1-11-3-5-13(6-4-11)16(2)7-8-17-10-12(14)9-15-17/h3-6,9-10H,7-8,14H2,1-2H3. The second kappa shape index (κ2) is 4.91. The zero-order valence-corrected chi connectivity index (χ0v) is 10.3. The summed E-state index contributed by atoms with van der Waals surface area (Å²) in [6.45, 7) is 3.84. The molecule has 1 aromatic carbocycles. The van der Waals surface area contributed by atoms with Gasteiger partial charge in [0.05, 0.1) is 18.4 Å². The van der Waals surface area contributed by atoms with Crippen molar-refractivity contribution in [3.63, 3.8) is 0 Å². The first-order chi connectivity index (χ1) is 8.15. The van der Waals surface area contributed by atoms with Crippen LogP contribution in [0.15, 0.2) is 36.7 Å². The van der Waals surface area contributed by atoms with Gasteiger partial charge in [0.1, 0.15) is 0 Å². The van der Waals surface area contributed by atoms with E-state index in [0.29, 0.717) is 5.69 Å². The fraction of sp³-hybridized carbons (Fsp3) is 0.308. The van der Waals surface area contributed by atoms with E-state index in [2.05, 4.69) is 48.2 Å². The van der Waals surface area contributed by atoms with Crippen LogP contribution in [-0.2, 0) is 6.54 Å². The first-order valence-corrected chi connectivity index (χ1v) is 5.71. The number of likely N-dealkylation sites (N-methyl/N-ethyl adjacent to an activating group) is 1. The lowest BCUT2D eigenvalue weighted by atomic mass is 10.2. The van der Waals surface area contributed by atoms with Crippen molar-refractivity contribution in [1.82, 2.24) is 9.78 Å². The molecule has 0 saturated heterocycles. The van der Waals surface area contributed by atoms with Gasteiger partial charge >= 0.3 is 0 Å². The van der Waals surface area contributed by atoms with E-state index in [-0.39, 0.29) is 0 Å². The highest BCUT2D eigenvalue weighted by Crippen LogP contribution is 2.13. The van der Waals surface area contributed by atoms with Crippen molar-refractivity contribution in [2.24, 2.45) is 0 Å². The molecule has 1 heterocycles. The minimum absolute atomic E-state index is 0.711. The summed E-state index contributed by atoms with van der Waals surface area (Å²) in [5, 5.41) is 4.16. The van der Waals surface area contributed by atoms with Gasteiger partial charge in [0.15, 0.2) is 0 Å². The SMILES string of the molecule is Cc1ccc(N(C)CCn2cc(N)cn2)cc1. The Labute approximate surface area is 102 Å². The van der Waals surface area contributed by atoms with Crippen LogP contribution >= 0.6 is 0 Å². The van der Waals surface area contributed by atoms with Crippen molar-refractivity contribution in [2.45, 2.75) is 13.5 Å². The van der Waals surface area contributed by atoms with E-state index in [0.717, 1.165) is 13.1 Å². The number of anilines is 2. The number of aryl methyl sites for hydroxylation is 1. The molecule has 2 N–H and O–H groups in total. The Hall–Kier alpha value is -1.97. The van der Waals surface area contributed by atoms with Crippen LogP contribution in [0.1, 0.15) is 5.56 Å². The van der Waals surface area contributed by atoms with E-state index in [9.17, 15) is 0 Å². The fourth-order valence-electron chi connectivity index (χ4n) is 1.68. The summed E-state index contributed by atoms with van der Waals surface area (Å²) >= 11 is 0. The lowest BCUT2D eigenvalue weighted by Gasteiger charge is -2.19. The molecule has 0 fully saturated rings. The highest BCUT2D eigenvalue weighted by Gasteiger charge is 2.01. The summed E-state index contributed by atoms with van der Waals surface area (Å²) in [4.78, 5) is 2.21. The van der Waals surface area contributed by atoms with Gasteiger partial charge in [-0.25, -0.2) is 0 Å². The average molecular weight is 230 g/mol. The molecule has 1 aromatic heterocycles. The maximum atomic E-state index is 5.62. The molecule has 0 spiro atoms. The number of nitrogens with zero attached hydrogens (tertiary/aromatic N) is 3. The minimum atomic E-state index is 0.711. The molecular formula is C13H18N4. The van der Waals surface area contributed by atoms with Crippen LogP contribution in [0.5, 0.6) is 0 Å². The van der Waals surface area contributed by atoms with Crippen LogP contribution in [0.2, 0.25) is 0 Å². The number of nitrogen functional groups attached to an aromatic ring is 1. The van der Waals surface area contributed by atoms with Crippen molar-refractivity contribution in [3.05, 3.63) is 42.2 Å². The summed E-state index contributed by atoms with van der Waals surface area (Å²) in [7, 11) is 2.08. The van der Waals surface area contributed by atoms with Crippen LogP contribution in [0.4, 0.5) is 11.4 Å². The Balaban J connectivity index is 1.93. The van der Waals surface area contributed by atoms with Crippen LogP contribution in [0, 0.1) is 6.92 Å². The van der Waals surface area contributed by atoms with E-state index in [1.807, 2.05) is 10.9 Å². The maximum Gasteiger partial charge on any atom is 0.0719 e. The molecule has 0 aliphatic carbocycles. The molecule has 0 radical (unpaired) electrons. The molecule has 90 valence electrons. The first-order valence-electron chi connectivity index (χ1n) is 5.71. The molecule has 17 heavy (non-hydrogen) atoms. The number of hydrogen-bond donors (Lipinski definition) is 1.